The molecule has 0 atom stereocenters. The number of hydrazone groups is 1. The Kier molecular flexibility index (Phi) is 4.83. The van der Waals surface area contributed by atoms with Gasteiger partial charge >= 0.3 is 0 Å². The van der Waals surface area contributed by atoms with E-state index in [1.165, 1.54) is 6.21 Å². The van der Waals surface area contributed by atoms with Gasteiger partial charge in [-0.05, 0) is 29.8 Å². The summed E-state index contributed by atoms with van der Waals surface area (Å²) in [6.07, 6.45) is 3.44. The van der Waals surface area contributed by atoms with Crippen LogP contribution in [0, 0.1) is 0 Å². The molecule has 5 nitrogen and oxygen atoms in total. The zero-order chi connectivity index (χ0) is 14.2. The number of aromatic nitrogens is 1. The predicted octanol–water partition coefficient (Wildman–Crippen LogP) is 1.78. The molecule has 0 spiro atoms. The van der Waals surface area contributed by atoms with E-state index < -0.39 is 0 Å². The molecule has 1 aromatic carbocycles. The average molecular weight is 269 g/mol. The number of nitrogens with one attached hydrogen (secondary N) is 1. The van der Waals surface area contributed by atoms with Crippen molar-refractivity contribution < 1.29 is 9.53 Å². The van der Waals surface area contributed by atoms with Crippen LogP contribution in [0.3, 0.4) is 0 Å². The molecule has 20 heavy (non-hydrogen) atoms. The van der Waals surface area contributed by atoms with Gasteiger partial charge in [0.25, 0.3) is 0 Å². The first-order valence-electron chi connectivity index (χ1n) is 6.14. The Morgan fingerprint density at radius 2 is 2.10 bits per heavy atom. The average Bonchev–Trinajstić information content (AvgIpc) is 2.49. The summed E-state index contributed by atoms with van der Waals surface area (Å²) >= 11 is 0. The molecule has 1 amide bonds. The first kappa shape index (κ1) is 13.7. The van der Waals surface area contributed by atoms with E-state index in [2.05, 4.69) is 15.5 Å². The highest BCUT2D eigenvalue weighted by atomic mass is 16.5. The predicted molar refractivity (Wildman–Crippen MR) is 76.7 cm³/mol. The Morgan fingerprint density at radius 3 is 2.75 bits per heavy atom. The van der Waals surface area contributed by atoms with E-state index in [1.807, 2.05) is 36.4 Å². The fourth-order valence-corrected chi connectivity index (χ4v) is 1.59. The molecular formula is C15H15N3O2. The summed E-state index contributed by atoms with van der Waals surface area (Å²) in [4.78, 5) is 15.7. The molecule has 0 saturated heterocycles. The quantitative estimate of drug-likeness (QED) is 0.664. The molecule has 0 bridgehead atoms. The number of rotatable bonds is 5. The molecule has 2 rings (SSSR count). The monoisotopic (exact) mass is 269 g/mol. The van der Waals surface area contributed by atoms with Crippen molar-refractivity contribution in [2.75, 3.05) is 7.11 Å². The SMILES string of the molecule is COc1ccc(CC(=O)N/N=C\c2ccccn2)cc1. The van der Waals surface area contributed by atoms with E-state index in [1.54, 1.807) is 19.4 Å². The van der Waals surface area contributed by atoms with Crippen LogP contribution in [0.25, 0.3) is 0 Å². The number of benzene rings is 1. The number of hydrogen-bond acceptors (Lipinski definition) is 4. The highest BCUT2D eigenvalue weighted by molar-refractivity contribution is 5.82. The van der Waals surface area contributed by atoms with Crippen LogP contribution in [0.4, 0.5) is 0 Å². The first-order valence-corrected chi connectivity index (χ1v) is 6.14. The molecule has 102 valence electrons. The van der Waals surface area contributed by atoms with Gasteiger partial charge in [-0.3, -0.25) is 9.78 Å². The molecule has 5 heteroatoms. The molecule has 1 N–H and O–H groups in total. The summed E-state index contributed by atoms with van der Waals surface area (Å²) in [6, 6.07) is 12.8. The maximum absolute atomic E-state index is 11.7. The molecule has 0 fully saturated rings. The van der Waals surface area contributed by atoms with Gasteiger partial charge in [-0.1, -0.05) is 18.2 Å². The Hall–Kier alpha value is -2.69. The number of carbonyl (C=O) groups excluding carboxylic acids is 1. The summed E-state index contributed by atoms with van der Waals surface area (Å²) in [5, 5.41) is 3.86. The number of amides is 1. The van der Waals surface area contributed by atoms with Gasteiger partial charge in [0.2, 0.25) is 5.91 Å². The van der Waals surface area contributed by atoms with Crippen molar-refractivity contribution in [3.63, 3.8) is 0 Å². The second-order valence-corrected chi connectivity index (χ2v) is 4.07. The van der Waals surface area contributed by atoms with Gasteiger partial charge in [-0.2, -0.15) is 5.10 Å². The largest absolute Gasteiger partial charge is 0.497 e. The second kappa shape index (κ2) is 7.04. The smallest absolute Gasteiger partial charge is 0.244 e. The number of hydrogen-bond donors (Lipinski definition) is 1. The molecule has 0 aliphatic heterocycles. The lowest BCUT2D eigenvalue weighted by Crippen LogP contribution is -2.19. The third-order valence-electron chi connectivity index (χ3n) is 2.60. The van der Waals surface area contributed by atoms with E-state index >= 15 is 0 Å². The fraction of sp³-hybridized carbons (Fsp3) is 0.133. The number of ether oxygens (including phenoxy) is 1. The van der Waals surface area contributed by atoms with Gasteiger partial charge in [0.1, 0.15) is 5.75 Å². The van der Waals surface area contributed by atoms with Gasteiger partial charge in [0, 0.05) is 6.20 Å². The lowest BCUT2D eigenvalue weighted by Gasteiger charge is -2.02. The van der Waals surface area contributed by atoms with E-state index in [-0.39, 0.29) is 12.3 Å². The van der Waals surface area contributed by atoms with Crippen LogP contribution in [0.15, 0.2) is 53.8 Å². The van der Waals surface area contributed by atoms with Gasteiger partial charge < -0.3 is 4.74 Å². The standard InChI is InChI=1S/C15H15N3O2/c1-20-14-7-5-12(6-8-14)10-15(19)18-17-11-13-4-2-3-9-16-13/h2-9,11H,10H2,1H3,(H,18,19)/b17-11-. The topological polar surface area (TPSA) is 63.6 Å². The number of carbonyl (C=O) groups is 1. The number of methoxy groups -OCH3 is 1. The lowest BCUT2D eigenvalue weighted by molar-refractivity contribution is -0.120. The third kappa shape index (κ3) is 4.20. The molecule has 1 heterocycles. The Bertz CT molecular complexity index is 580. The number of nitrogens with zero attached hydrogens (tertiary/aromatic N) is 2. The van der Waals surface area contributed by atoms with Crippen molar-refractivity contribution >= 4 is 12.1 Å². The van der Waals surface area contributed by atoms with E-state index in [4.69, 9.17) is 4.74 Å². The van der Waals surface area contributed by atoms with Crippen LogP contribution in [-0.2, 0) is 11.2 Å². The Morgan fingerprint density at radius 1 is 1.30 bits per heavy atom. The molecule has 0 radical (unpaired) electrons. The van der Waals surface area contributed by atoms with Gasteiger partial charge in [-0.25, -0.2) is 5.43 Å². The van der Waals surface area contributed by atoms with E-state index in [0.717, 1.165) is 11.3 Å². The highest BCUT2D eigenvalue weighted by Crippen LogP contribution is 2.11. The summed E-state index contributed by atoms with van der Waals surface area (Å²) in [5.74, 6) is 0.588. The number of pyridine rings is 1. The van der Waals surface area contributed by atoms with Crippen LogP contribution >= 0.6 is 0 Å². The van der Waals surface area contributed by atoms with Gasteiger partial charge in [0.05, 0.1) is 25.4 Å². The summed E-state index contributed by atoms with van der Waals surface area (Å²) in [6.45, 7) is 0. The van der Waals surface area contributed by atoms with Crippen molar-refractivity contribution in [1.82, 2.24) is 10.4 Å². The molecule has 0 unspecified atom stereocenters. The van der Waals surface area contributed by atoms with Gasteiger partial charge in [0.15, 0.2) is 0 Å². The first-order chi connectivity index (χ1) is 9.78. The minimum absolute atomic E-state index is 0.178. The molecule has 2 aromatic rings. The van der Waals surface area contributed by atoms with Crippen LogP contribution in [0.5, 0.6) is 5.75 Å². The van der Waals surface area contributed by atoms with Crippen molar-refractivity contribution in [2.45, 2.75) is 6.42 Å². The maximum Gasteiger partial charge on any atom is 0.244 e. The molecule has 0 aliphatic carbocycles. The van der Waals surface area contributed by atoms with Crippen molar-refractivity contribution in [1.29, 1.82) is 0 Å². The maximum atomic E-state index is 11.7. The van der Waals surface area contributed by atoms with Crippen molar-refractivity contribution in [2.24, 2.45) is 5.10 Å². The molecule has 0 saturated carbocycles. The molecule has 0 aliphatic rings. The minimum Gasteiger partial charge on any atom is -0.497 e. The normalized spacial score (nSPS) is 10.4. The van der Waals surface area contributed by atoms with Crippen LogP contribution in [0.2, 0.25) is 0 Å². The van der Waals surface area contributed by atoms with E-state index in [0.29, 0.717) is 5.69 Å². The van der Waals surface area contributed by atoms with Crippen LogP contribution in [0.1, 0.15) is 11.3 Å². The Labute approximate surface area is 117 Å². The third-order valence-corrected chi connectivity index (χ3v) is 2.60. The van der Waals surface area contributed by atoms with E-state index in [9.17, 15) is 4.79 Å². The minimum atomic E-state index is -0.178. The zero-order valence-electron chi connectivity index (χ0n) is 11.1. The summed E-state index contributed by atoms with van der Waals surface area (Å²) < 4.78 is 5.06. The molecular weight excluding hydrogens is 254 g/mol. The summed E-state index contributed by atoms with van der Waals surface area (Å²) in [5.41, 5.74) is 4.06. The van der Waals surface area contributed by atoms with Crippen molar-refractivity contribution in [3.8, 4) is 5.75 Å². The van der Waals surface area contributed by atoms with Gasteiger partial charge in [-0.15, -0.1) is 0 Å². The zero-order valence-corrected chi connectivity index (χ0v) is 11.1. The fourth-order valence-electron chi connectivity index (χ4n) is 1.59. The lowest BCUT2D eigenvalue weighted by atomic mass is 10.1. The Balaban J connectivity index is 1.84. The van der Waals surface area contributed by atoms with Crippen LogP contribution < -0.4 is 10.2 Å². The second-order valence-electron chi connectivity index (χ2n) is 4.07. The molecule has 1 aromatic heterocycles. The van der Waals surface area contributed by atoms with Crippen molar-refractivity contribution in [3.05, 3.63) is 59.9 Å². The van der Waals surface area contributed by atoms with Crippen LogP contribution in [-0.4, -0.2) is 24.2 Å². The summed E-state index contributed by atoms with van der Waals surface area (Å²) in [7, 11) is 1.61. The highest BCUT2D eigenvalue weighted by Gasteiger charge is 2.02.